The van der Waals surface area contributed by atoms with Gasteiger partial charge in [-0.1, -0.05) is 15.9 Å². The number of carbonyl (C=O) groups is 1. The topological polar surface area (TPSA) is 26.3 Å². The monoisotopic (exact) mass is 354 g/mol. The Morgan fingerprint density at radius 1 is 1.54 bits per heavy atom. The molecule has 70 valence electrons. The highest BCUT2D eigenvalue weighted by atomic mass is 127. The van der Waals surface area contributed by atoms with Gasteiger partial charge in [0, 0.05) is 8.04 Å². The molecule has 0 heterocycles. The number of hydrogen-bond donors (Lipinski definition) is 0. The smallest absolute Gasteiger partial charge is 0.339 e. The van der Waals surface area contributed by atoms with E-state index in [9.17, 15) is 4.79 Å². The molecule has 1 rings (SSSR count). The van der Waals surface area contributed by atoms with E-state index in [0.717, 1.165) is 13.6 Å². The molecule has 0 bridgehead atoms. The lowest BCUT2D eigenvalue weighted by Gasteiger charge is -2.07. The molecule has 0 fully saturated rings. The maximum absolute atomic E-state index is 11.4. The lowest BCUT2D eigenvalue weighted by Crippen LogP contribution is -2.06. The fourth-order valence-electron chi connectivity index (χ4n) is 1.01. The number of esters is 1. The minimum atomic E-state index is -0.289. The maximum atomic E-state index is 11.4. The predicted molar refractivity (Wildman–Crippen MR) is 62.9 cm³/mol. The summed E-state index contributed by atoms with van der Waals surface area (Å²) in [4.78, 5) is 11.4. The van der Waals surface area contributed by atoms with Crippen LogP contribution in [0.5, 0.6) is 0 Å². The van der Waals surface area contributed by atoms with Gasteiger partial charge >= 0.3 is 5.97 Å². The number of benzene rings is 1. The van der Waals surface area contributed by atoms with Gasteiger partial charge in [-0.3, -0.25) is 0 Å². The molecule has 0 N–H and O–H groups in total. The molecule has 2 nitrogen and oxygen atoms in total. The number of carbonyl (C=O) groups excluding carboxylic acids is 1. The zero-order valence-corrected chi connectivity index (χ0v) is 11.0. The number of hydrogen-bond acceptors (Lipinski definition) is 2. The summed E-state index contributed by atoms with van der Waals surface area (Å²) in [5, 5.41) is 0. The van der Waals surface area contributed by atoms with Crippen LogP contribution < -0.4 is 0 Å². The number of ether oxygens (including phenoxy) is 1. The first-order valence-electron chi connectivity index (χ1n) is 3.61. The van der Waals surface area contributed by atoms with Gasteiger partial charge in [0.1, 0.15) is 0 Å². The molecule has 0 saturated carbocycles. The highest BCUT2D eigenvalue weighted by Gasteiger charge is 2.14. The van der Waals surface area contributed by atoms with E-state index in [0.29, 0.717) is 5.56 Å². The van der Waals surface area contributed by atoms with Gasteiger partial charge in [0.15, 0.2) is 0 Å². The van der Waals surface area contributed by atoms with E-state index in [1.54, 1.807) is 0 Å². The first-order valence-corrected chi connectivity index (χ1v) is 5.48. The normalized spacial score (nSPS) is 9.85. The molecule has 0 aliphatic heterocycles. The van der Waals surface area contributed by atoms with Crippen LogP contribution in [0.4, 0.5) is 0 Å². The van der Waals surface area contributed by atoms with Gasteiger partial charge in [-0.05, 0) is 47.2 Å². The van der Waals surface area contributed by atoms with Crippen LogP contribution in [0.15, 0.2) is 16.6 Å². The summed E-state index contributed by atoms with van der Waals surface area (Å²) >= 11 is 5.49. The summed E-state index contributed by atoms with van der Waals surface area (Å²) in [6, 6.07) is 3.80. The van der Waals surface area contributed by atoms with Crippen LogP contribution in [0.1, 0.15) is 15.9 Å². The molecule has 0 saturated heterocycles. The number of methoxy groups -OCH3 is 1. The van der Waals surface area contributed by atoms with Crippen molar-refractivity contribution in [3.05, 3.63) is 31.3 Å². The van der Waals surface area contributed by atoms with E-state index < -0.39 is 0 Å². The van der Waals surface area contributed by atoms with Gasteiger partial charge in [0.05, 0.1) is 12.7 Å². The molecule has 0 radical (unpaired) electrons. The minimum absolute atomic E-state index is 0.289. The highest BCUT2D eigenvalue weighted by molar-refractivity contribution is 14.1. The third kappa shape index (κ3) is 2.22. The highest BCUT2D eigenvalue weighted by Crippen LogP contribution is 2.24. The Bertz CT molecular complexity index is 350. The van der Waals surface area contributed by atoms with Crippen LogP contribution in [-0.2, 0) is 4.74 Å². The van der Waals surface area contributed by atoms with Gasteiger partial charge < -0.3 is 4.74 Å². The Morgan fingerprint density at radius 2 is 2.15 bits per heavy atom. The van der Waals surface area contributed by atoms with Crippen LogP contribution >= 0.6 is 38.5 Å². The van der Waals surface area contributed by atoms with Gasteiger partial charge in [0.25, 0.3) is 0 Å². The molecular weight excluding hydrogens is 347 g/mol. The summed E-state index contributed by atoms with van der Waals surface area (Å²) in [7, 11) is 1.39. The van der Waals surface area contributed by atoms with Crippen LogP contribution in [0.2, 0.25) is 0 Å². The Kier molecular flexibility index (Phi) is 3.73. The third-order valence-corrected chi connectivity index (χ3v) is 3.50. The van der Waals surface area contributed by atoms with Crippen LogP contribution in [-0.4, -0.2) is 13.1 Å². The zero-order chi connectivity index (χ0) is 10.0. The first kappa shape index (κ1) is 11.0. The second kappa shape index (κ2) is 4.41. The Morgan fingerprint density at radius 3 is 2.69 bits per heavy atom. The summed E-state index contributed by atoms with van der Waals surface area (Å²) in [5.74, 6) is -0.289. The Labute approximate surface area is 98.9 Å². The van der Waals surface area contributed by atoms with Gasteiger partial charge in [-0.15, -0.1) is 0 Å². The van der Waals surface area contributed by atoms with E-state index in [-0.39, 0.29) is 5.97 Å². The molecular formula is C9H8BrIO2. The molecule has 0 aliphatic rings. The molecule has 13 heavy (non-hydrogen) atoms. The molecule has 1 aromatic carbocycles. The van der Waals surface area contributed by atoms with Crippen LogP contribution in [0, 0.1) is 10.5 Å². The second-order valence-corrected chi connectivity index (χ2v) is 4.54. The van der Waals surface area contributed by atoms with E-state index in [1.807, 2.05) is 19.1 Å². The minimum Gasteiger partial charge on any atom is -0.465 e. The van der Waals surface area contributed by atoms with Gasteiger partial charge in [-0.25, -0.2) is 4.79 Å². The van der Waals surface area contributed by atoms with E-state index in [4.69, 9.17) is 0 Å². The lowest BCUT2D eigenvalue weighted by molar-refractivity contribution is 0.0598. The quantitative estimate of drug-likeness (QED) is 0.572. The van der Waals surface area contributed by atoms with Crippen molar-refractivity contribution in [3.8, 4) is 0 Å². The molecule has 4 heteroatoms. The molecule has 0 aromatic heterocycles. The standard InChI is InChI=1S/C9H8BrIO2/c1-5-6(10)3-4-7(11)8(5)9(12)13-2/h3-4H,1-2H3. The fourth-order valence-corrected chi connectivity index (χ4v) is 2.14. The van der Waals surface area contributed by atoms with E-state index in [2.05, 4.69) is 43.3 Å². The average Bonchev–Trinajstić information content (AvgIpc) is 2.12. The van der Waals surface area contributed by atoms with Crippen molar-refractivity contribution in [2.75, 3.05) is 7.11 Å². The summed E-state index contributed by atoms with van der Waals surface area (Å²) in [6.45, 7) is 1.89. The molecule has 0 amide bonds. The third-order valence-electron chi connectivity index (χ3n) is 1.74. The van der Waals surface area contributed by atoms with Crippen molar-refractivity contribution >= 4 is 44.5 Å². The first-order chi connectivity index (χ1) is 6.07. The molecule has 1 aromatic rings. The van der Waals surface area contributed by atoms with Crippen LogP contribution in [0.25, 0.3) is 0 Å². The lowest BCUT2D eigenvalue weighted by atomic mass is 10.1. The average molecular weight is 355 g/mol. The summed E-state index contributed by atoms with van der Waals surface area (Å²) < 4.78 is 6.52. The fraction of sp³-hybridized carbons (Fsp3) is 0.222. The number of rotatable bonds is 1. The molecule has 0 atom stereocenters. The number of halogens is 2. The molecule has 0 unspecified atom stereocenters. The van der Waals surface area contributed by atoms with Crippen molar-refractivity contribution in [2.45, 2.75) is 6.92 Å². The SMILES string of the molecule is COC(=O)c1c(I)ccc(Br)c1C. The Balaban J connectivity index is 3.33. The van der Waals surface area contributed by atoms with E-state index in [1.165, 1.54) is 7.11 Å². The zero-order valence-electron chi connectivity index (χ0n) is 7.23. The van der Waals surface area contributed by atoms with E-state index >= 15 is 0 Å². The summed E-state index contributed by atoms with van der Waals surface area (Å²) in [6.07, 6.45) is 0. The van der Waals surface area contributed by atoms with Crippen molar-refractivity contribution in [2.24, 2.45) is 0 Å². The molecule has 0 aliphatic carbocycles. The van der Waals surface area contributed by atoms with Gasteiger partial charge in [0.2, 0.25) is 0 Å². The van der Waals surface area contributed by atoms with Gasteiger partial charge in [-0.2, -0.15) is 0 Å². The largest absolute Gasteiger partial charge is 0.465 e. The second-order valence-electron chi connectivity index (χ2n) is 2.52. The maximum Gasteiger partial charge on any atom is 0.339 e. The van der Waals surface area contributed by atoms with Crippen LogP contribution in [0.3, 0.4) is 0 Å². The van der Waals surface area contributed by atoms with Crippen molar-refractivity contribution in [1.82, 2.24) is 0 Å². The van der Waals surface area contributed by atoms with Crippen molar-refractivity contribution in [1.29, 1.82) is 0 Å². The predicted octanol–water partition coefficient (Wildman–Crippen LogP) is 3.15. The van der Waals surface area contributed by atoms with Crippen molar-refractivity contribution in [3.63, 3.8) is 0 Å². The summed E-state index contributed by atoms with van der Waals surface area (Å²) in [5.41, 5.74) is 1.55. The Hall–Kier alpha value is -0.100. The molecule has 0 spiro atoms. The van der Waals surface area contributed by atoms with Crippen molar-refractivity contribution < 1.29 is 9.53 Å².